The standard InChI is InChI=1S/C23H35N3O3/c1-23(2,3)24-22(28)25-13-9-19(10-14-25)26(20-11-15-29-16-12-20)21(27)17-18-7-5-4-6-8-18/h4-8,19-20H,9-17H2,1-3H3,(H,24,28). The van der Waals surface area contributed by atoms with E-state index in [1.165, 1.54) is 0 Å². The predicted molar refractivity (Wildman–Crippen MR) is 114 cm³/mol. The second-order valence-corrected chi connectivity index (χ2v) is 9.21. The van der Waals surface area contributed by atoms with Gasteiger partial charge in [-0.2, -0.15) is 0 Å². The molecule has 2 heterocycles. The molecule has 29 heavy (non-hydrogen) atoms. The number of hydrogen-bond donors (Lipinski definition) is 1. The number of urea groups is 1. The maximum atomic E-state index is 13.3. The van der Waals surface area contributed by atoms with Gasteiger partial charge in [-0.3, -0.25) is 4.79 Å². The average molecular weight is 402 g/mol. The van der Waals surface area contributed by atoms with Crippen LogP contribution in [0.5, 0.6) is 0 Å². The third-order valence-corrected chi connectivity index (χ3v) is 5.70. The summed E-state index contributed by atoms with van der Waals surface area (Å²) in [4.78, 5) is 29.8. The number of nitrogens with zero attached hydrogens (tertiary/aromatic N) is 2. The van der Waals surface area contributed by atoms with Gasteiger partial charge in [0.1, 0.15) is 0 Å². The molecule has 0 radical (unpaired) electrons. The van der Waals surface area contributed by atoms with Crippen molar-refractivity contribution in [2.45, 2.75) is 70.5 Å². The number of amides is 3. The van der Waals surface area contributed by atoms with Crippen LogP contribution >= 0.6 is 0 Å². The number of carbonyl (C=O) groups is 2. The van der Waals surface area contributed by atoms with Gasteiger partial charge in [-0.05, 0) is 52.0 Å². The Balaban J connectivity index is 1.65. The Hall–Kier alpha value is -2.08. The SMILES string of the molecule is CC(C)(C)NC(=O)N1CCC(N(C(=O)Cc2ccccc2)C2CCOCC2)CC1. The number of rotatable bonds is 4. The van der Waals surface area contributed by atoms with Crippen LogP contribution in [0.2, 0.25) is 0 Å². The molecule has 0 aliphatic carbocycles. The van der Waals surface area contributed by atoms with Crippen molar-refractivity contribution in [2.24, 2.45) is 0 Å². The van der Waals surface area contributed by atoms with Crippen LogP contribution in [0, 0.1) is 0 Å². The zero-order valence-corrected chi connectivity index (χ0v) is 18.0. The van der Waals surface area contributed by atoms with Crippen molar-refractivity contribution in [1.82, 2.24) is 15.1 Å². The van der Waals surface area contributed by atoms with Gasteiger partial charge in [0.05, 0.1) is 6.42 Å². The summed E-state index contributed by atoms with van der Waals surface area (Å²) in [5.74, 6) is 0.195. The van der Waals surface area contributed by atoms with E-state index in [1.54, 1.807) is 0 Å². The minimum Gasteiger partial charge on any atom is -0.381 e. The molecule has 0 aromatic heterocycles. The van der Waals surface area contributed by atoms with E-state index < -0.39 is 0 Å². The Morgan fingerprint density at radius 1 is 1.03 bits per heavy atom. The Morgan fingerprint density at radius 2 is 1.62 bits per heavy atom. The van der Waals surface area contributed by atoms with E-state index in [0.717, 1.165) is 31.2 Å². The third-order valence-electron chi connectivity index (χ3n) is 5.70. The normalized spacial score (nSPS) is 19.1. The van der Waals surface area contributed by atoms with Gasteiger partial charge < -0.3 is 19.9 Å². The third kappa shape index (κ3) is 6.20. The van der Waals surface area contributed by atoms with E-state index in [9.17, 15) is 9.59 Å². The zero-order chi connectivity index (χ0) is 20.9. The molecule has 1 N–H and O–H groups in total. The minimum absolute atomic E-state index is 0.0100. The Bertz CT molecular complexity index is 672. The number of hydrogen-bond acceptors (Lipinski definition) is 3. The van der Waals surface area contributed by atoms with Crippen LogP contribution in [-0.4, -0.2) is 65.7 Å². The van der Waals surface area contributed by atoms with Crippen LogP contribution in [0.4, 0.5) is 4.79 Å². The van der Waals surface area contributed by atoms with Crippen LogP contribution in [0.3, 0.4) is 0 Å². The highest BCUT2D eigenvalue weighted by molar-refractivity contribution is 5.79. The largest absolute Gasteiger partial charge is 0.381 e. The first-order chi connectivity index (χ1) is 13.8. The number of carbonyl (C=O) groups excluding carboxylic acids is 2. The minimum atomic E-state index is -0.242. The highest BCUT2D eigenvalue weighted by atomic mass is 16.5. The number of likely N-dealkylation sites (tertiary alicyclic amines) is 1. The van der Waals surface area contributed by atoms with Gasteiger partial charge in [-0.25, -0.2) is 4.79 Å². The first-order valence-electron chi connectivity index (χ1n) is 10.8. The van der Waals surface area contributed by atoms with Crippen LogP contribution in [0.25, 0.3) is 0 Å². The summed E-state index contributed by atoms with van der Waals surface area (Å²) in [5.41, 5.74) is 0.810. The van der Waals surface area contributed by atoms with Gasteiger partial charge in [0.25, 0.3) is 0 Å². The highest BCUT2D eigenvalue weighted by Crippen LogP contribution is 2.25. The lowest BCUT2D eigenvalue weighted by atomic mass is 9.96. The van der Waals surface area contributed by atoms with Gasteiger partial charge >= 0.3 is 6.03 Å². The van der Waals surface area contributed by atoms with Gasteiger partial charge in [0.2, 0.25) is 5.91 Å². The van der Waals surface area contributed by atoms with Gasteiger partial charge in [-0.1, -0.05) is 30.3 Å². The quantitative estimate of drug-likeness (QED) is 0.843. The fraction of sp³-hybridized carbons (Fsp3) is 0.652. The van der Waals surface area contributed by atoms with E-state index in [4.69, 9.17) is 4.74 Å². The molecule has 6 heteroatoms. The molecule has 1 aromatic rings. The molecule has 6 nitrogen and oxygen atoms in total. The van der Waals surface area contributed by atoms with Crippen LogP contribution in [0.15, 0.2) is 30.3 Å². The molecule has 0 saturated carbocycles. The molecule has 2 aliphatic heterocycles. The topological polar surface area (TPSA) is 61.9 Å². The van der Waals surface area contributed by atoms with Crippen LogP contribution in [-0.2, 0) is 16.0 Å². The predicted octanol–water partition coefficient (Wildman–Crippen LogP) is 3.21. The monoisotopic (exact) mass is 401 g/mol. The summed E-state index contributed by atoms with van der Waals surface area (Å²) < 4.78 is 5.53. The molecule has 1 aromatic carbocycles. The van der Waals surface area contributed by atoms with Crippen molar-refractivity contribution in [3.8, 4) is 0 Å². The molecule has 0 unspecified atom stereocenters. The van der Waals surface area contributed by atoms with Crippen LogP contribution < -0.4 is 5.32 Å². The summed E-state index contributed by atoms with van der Waals surface area (Å²) in [7, 11) is 0. The summed E-state index contributed by atoms with van der Waals surface area (Å²) in [6.45, 7) is 8.78. The summed E-state index contributed by atoms with van der Waals surface area (Å²) in [5, 5.41) is 3.04. The molecule has 0 bridgehead atoms. The molecule has 3 amide bonds. The molecular formula is C23H35N3O3. The van der Waals surface area contributed by atoms with Crippen molar-refractivity contribution in [1.29, 1.82) is 0 Å². The van der Waals surface area contributed by atoms with Crippen molar-refractivity contribution >= 4 is 11.9 Å². The lowest BCUT2D eigenvalue weighted by Crippen LogP contribution is -2.56. The molecule has 3 rings (SSSR count). The number of piperidine rings is 1. The molecule has 2 aliphatic rings. The Morgan fingerprint density at radius 3 is 2.21 bits per heavy atom. The molecule has 160 valence electrons. The highest BCUT2D eigenvalue weighted by Gasteiger charge is 2.35. The summed E-state index contributed by atoms with van der Waals surface area (Å²) >= 11 is 0. The molecule has 0 atom stereocenters. The smallest absolute Gasteiger partial charge is 0.317 e. The van der Waals surface area contributed by atoms with Crippen molar-refractivity contribution in [3.05, 3.63) is 35.9 Å². The fourth-order valence-corrected chi connectivity index (χ4v) is 4.28. The Kier molecular flexibility index (Phi) is 7.17. The van der Waals surface area contributed by atoms with E-state index in [1.807, 2.05) is 56.0 Å². The maximum absolute atomic E-state index is 13.3. The first kappa shape index (κ1) is 21.6. The zero-order valence-electron chi connectivity index (χ0n) is 18.0. The fourth-order valence-electron chi connectivity index (χ4n) is 4.28. The van der Waals surface area contributed by atoms with E-state index in [0.29, 0.717) is 32.7 Å². The lowest BCUT2D eigenvalue weighted by Gasteiger charge is -2.44. The second kappa shape index (κ2) is 9.61. The van der Waals surface area contributed by atoms with Gasteiger partial charge in [0, 0.05) is 43.9 Å². The molecular weight excluding hydrogens is 366 g/mol. The Labute approximate surface area is 174 Å². The van der Waals surface area contributed by atoms with Crippen molar-refractivity contribution in [3.63, 3.8) is 0 Å². The average Bonchev–Trinajstić information content (AvgIpc) is 2.69. The van der Waals surface area contributed by atoms with E-state index in [-0.39, 0.29) is 29.6 Å². The second-order valence-electron chi connectivity index (χ2n) is 9.21. The summed E-state index contributed by atoms with van der Waals surface area (Å²) in [6, 6.07) is 10.4. The molecule has 0 spiro atoms. The number of ether oxygens (including phenoxy) is 1. The van der Waals surface area contributed by atoms with Gasteiger partial charge in [-0.15, -0.1) is 0 Å². The van der Waals surface area contributed by atoms with E-state index in [2.05, 4.69) is 10.2 Å². The summed E-state index contributed by atoms with van der Waals surface area (Å²) in [6.07, 6.45) is 3.88. The molecule has 2 saturated heterocycles. The van der Waals surface area contributed by atoms with Crippen LogP contribution in [0.1, 0.15) is 52.0 Å². The number of benzene rings is 1. The van der Waals surface area contributed by atoms with Crippen molar-refractivity contribution in [2.75, 3.05) is 26.3 Å². The van der Waals surface area contributed by atoms with Crippen molar-refractivity contribution < 1.29 is 14.3 Å². The first-order valence-corrected chi connectivity index (χ1v) is 10.8. The number of nitrogens with one attached hydrogen (secondary N) is 1. The maximum Gasteiger partial charge on any atom is 0.317 e. The molecule has 2 fully saturated rings. The van der Waals surface area contributed by atoms with Gasteiger partial charge in [0.15, 0.2) is 0 Å². The van der Waals surface area contributed by atoms with E-state index >= 15 is 0 Å². The lowest BCUT2D eigenvalue weighted by molar-refractivity contribution is -0.139.